The molecule has 0 saturated carbocycles. The Hall–Kier alpha value is -2.31. The van der Waals surface area contributed by atoms with Crippen LogP contribution in [0.4, 0.5) is 8.78 Å². The van der Waals surface area contributed by atoms with Crippen LogP contribution in [-0.2, 0) is 4.79 Å². The highest BCUT2D eigenvalue weighted by Gasteiger charge is 2.32. The van der Waals surface area contributed by atoms with Crippen molar-refractivity contribution < 1.29 is 13.6 Å². The van der Waals surface area contributed by atoms with Crippen LogP contribution in [0.5, 0.6) is 0 Å². The van der Waals surface area contributed by atoms with E-state index in [1.807, 2.05) is 4.90 Å². The molecule has 1 N–H and O–H groups in total. The van der Waals surface area contributed by atoms with Crippen molar-refractivity contribution in [2.75, 3.05) is 39.3 Å². The number of hydrogen-bond donors (Lipinski definition) is 1. The molecule has 6 heteroatoms. The molecule has 2 aromatic rings. The van der Waals surface area contributed by atoms with Gasteiger partial charge in [0.05, 0.1) is 12.0 Å². The Kier molecular flexibility index (Phi) is 5.69. The minimum atomic E-state index is -0.276. The van der Waals surface area contributed by atoms with Crippen molar-refractivity contribution in [2.45, 2.75) is 12.5 Å². The summed E-state index contributed by atoms with van der Waals surface area (Å²) in [5.41, 5.74) is 1.93. The van der Waals surface area contributed by atoms with E-state index in [4.69, 9.17) is 0 Å². The molecule has 148 valence electrons. The Morgan fingerprint density at radius 2 is 1.43 bits per heavy atom. The van der Waals surface area contributed by atoms with Gasteiger partial charge in [0.1, 0.15) is 11.6 Å². The highest BCUT2D eigenvalue weighted by atomic mass is 19.1. The van der Waals surface area contributed by atoms with Crippen molar-refractivity contribution in [2.24, 2.45) is 5.92 Å². The van der Waals surface area contributed by atoms with Gasteiger partial charge < -0.3 is 10.2 Å². The average Bonchev–Trinajstić information content (AvgIpc) is 3.26. The monoisotopic (exact) mass is 385 g/mol. The summed E-state index contributed by atoms with van der Waals surface area (Å²) < 4.78 is 26.8. The van der Waals surface area contributed by atoms with E-state index in [1.54, 1.807) is 24.3 Å². The van der Waals surface area contributed by atoms with Crippen molar-refractivity contribution in [3.8, 4) is 0 Å². The van der Waals surface area contributed by atoms with Crippen LogP contribution in [0.3, 0.4) is 0 Å². The van der Waals surface area contributed by atoms with Crippen molar-refractivity contribution >= 4 is 5.91 Å². The number of nitrogens with one attached hydrogen (secondary N) is 1. The second kappa shape index (κ2) is 8.37. The summed E-state index contributed by atoms with van der Waals surface area (Å²) in [5.74, 6) is -0.217. The van der Waals surface area contributed by atoms with Gasteiger partial charge in [-0.15, -0.1) is 0 Å². The Bertz CT molecular complexity index is 750. The summed E-state index contributed by atoms with van der Waals surface area (Å²) in [5, 5.41) is 3.25. The predicted molar refractivity (Wildman–Crippen MR) is 104 cm³/mol. The topological polar surface area (TPSA) is 35.6 Å². The first-order valence-corrected chi connectivity index (χ1v) is 9.86. The van der Waals surface area contributed by atoms with E-state index in [9.17, 15) is 13.6 Å². The third-order valence-electron chi connectivity index (χ3n) is 5.77. The van der Waals surface area contributed by atoms with E-state index in [-0.39, 0.29) is 29.5 Å². The molecule has 0 radical (unpaired) electrons. The Morgan fingerprint density at radius 3 is 1.89 bits per heavy atom. The largest absolute Gasteiger partial charge is 0.340 e. The van der Waals surface area contributed by atoms with Crippen molar-refractivity contribution in [3.63, 3.8) is 0 Å². The third kappa shape index (κ3) is 4.08. The molecule has 0 aliphatic carbocycles. The summed E-state index contributed by atoms with van der Waals surface area (Å²) in [6, 6.07) is 12.9. The zero-order valence-electron chi connectivity index (χ0n) is 15.8. The van der Waals surface area contributed by atoms with Crippen LogP contribution in [0.15, 0.2) is 48.5 Å². The van der Waals surface area contributed by atoms with Crippen LogP contribution < -0.4 is 5.32 Å². The standard InChI is InChI=1S/C22H25F2N3O/c23-19-5-1-16(2-6-19)21(17-3-7-20(24)8-4-17)26-11-13-27(14-12-26)22(28)18-9-10-25-15-18/h1-8,18,21,25H,9-15H2. The summed E-state index contributed by atoms with van der Waals surface area (Å²) in [7, 11) is 0. The highest BCUT2D eigenvalue weighted by Crippen LogP contribution is 2.30. The lowest BCUT2D eigenvalue weighted by Crippen LogP contribution is -2.51. The number of benzene rings is 2. The zero-order chi connectivity index (χ0) is 19.5. The quantitative estimate of drug-likeness (QED) is 0.879. The fraction of sp³-hybridized carbons (Fsp3) is 0.409. The van der Waals surface area contributed by atoms with Gasteiger partial charge in [0.25, 0.3) is 0 Å². The van der Waals surface area contributed by atoms with Gasteiger partial charge in [-0.25, -0.2) is 8.78 Å². The number of carbonyl (C=O) groups excluding carboxylic acids is 1. The molecule has 0 spiro atoms. The Labute approximate surface area is 164 Å². The van der Waals surface area contributed by atoms with Gasteiger partial charge in [0.2, 0.25) is 5.91 Å². The summed E-state index contributed by atoms with van der Waals surface area (Å²) in [6.07, 6.45) is 0.910. The number of carbonyl (C=O) groups is 1. The zero-order valence-corrected chi connectivity index (χ0v) is 15.8. The van der Waals surface area contributed by atoms with Crippen LogP contribution in [-0.4, -0.2) is 55.0 Å². The summed E-state index contributed by atoms with van der Waals surface area (Å²) in [6.45, 7) is 4.49. The average molecular weight is 385 g/mol. The van der Waals surface area contributed by atoms with E-state index < -0.39 is 0 Å². The maximum Gasteiger partial charge on any atom is 0.227 e. The van der Waals surface area contributed by atoms with Gasteiger partial charge in [-0.1, -0.05) is 24.3 Å². The lowest BCUT2D eigenvalue weighted by Gasteiger charge is -2.40. The second-order valence-electron chi connectivity index (χ2n) is 7.56. The van der Waals surface area contributed by atoms with Gasteiger partial charge in [-0.2, -0.15) is 0 Å². The molecule has 28 heavy (non-hydrogen) atoms. The van der Waals surface area contributed by atoms with Crippen LogP contribution in [0.25, 0.3) is 0 Å². The van der Waals surface area contributed by atoms with Crippen molar-refractivity contribution in [1.29, 1.82) is 0 Å². The first-order valence-electron chi connectivity index (χ1n) is 9.86. The molecule has 2 saturated heterocycles. The number of hydrogen-bond acceptors (Lipinski definition) is 3. The molecule has 4 rings (SSSR count). The number of rotatable bonds is 4. The Balaban J connectivity index is 1.51. The lowest BCUT2D eigenvalue weighted by molar-refractivity contribution is -0.136. The minimum absolute atomic E-state index is 0.0911. The predicted octanol–water partition coefficient (Wildman–Crippen LogP) is 2.81. The van der Waals surface area contributed by atoms with E-state index in [1.165, 1.54) is 24.3 Å². The number of amides is 1. The second-order valence-corrected chi connectivity index (χ2v) is 7.56. The smallest absolute Gasteiger partial charge is 0.227 e. The van der Waals surface area contributed by atoms with Gasteiger partial charge in [-0.3, -0.25) is 9.69 Å². The van der Waals surface area contributed by atoms with Crippen LogP contribution in [0.1, 0.15) is 23.6 Å². The summed E-state index contributed by atoms with van der Waals surface area (Å²) in [4.78, 5) is 16.9. The fourth-order valence-corrected chi connectivity index (χ4v) is 4.23. The van der Waals surface area contributed by atoms with E-state index in [2.05, 4.69) is 10.2 Å². The molecule has 2 aromatic carbocycles. The van der Waals surface area contributed by atoms with Crippen LogP contribution >= 0.6 is 0 Å². The molecule has 1 amide bonds. The van der Waals surface area contributed by atoms with E-state index in [0.717, 1.165) is 43.7 Å². The van der Waals surface area contributed by atoms with Gasteiger partial charge >= 0.3 is 0 Å². The van der Waals surface area contributed by atoms with Crippen molar-refractivity contribution in [1.82, 2.24) is 15.1 Å². The molecule has 2 fully saturated rings. The molecular weight excluding hydrogens is 360 g/mol. The van der Waals surface area contributed by atoms with E-state index >= 15 is 0 Å². The molecule has 2 aliphatic heterocycles. The Morgan fingerprint density at radius 1 is 0.893 bits per heavy atom. The first-order chi connectivity index (χ1) is 13.6. The van der Waals surface area contributed by atoms with Gasteiger partial charge in [0.15, 0.2) is 0 Å². The van der Waals surface area contributed by atoms with Crippen LogP contribution in [0, 0.1) is 17.6 Å². The maximum atomic E-state index is 13.4. The molecule has 0 bridgehead atoms. The van der Waals surface area contributed by atoms with Crippen molar-refractivity contribution in [3.05, 3.63) is 71.3 Å². The SMILES string of the molecule is O=C(C1CCNC1)N1CCN(C(c2ccc(F)cc2)c2ccc(F)cc2)CC1. The van der Waals surface area contributed by atoms with E-state index in [0.29, 0.717) is 13.1 Å². The summed E-state index contributed by atoms with van der Waals surface area (Å²) >= 11 is 0. The molecule has 4 nitrogen and oxygen atoms in total. The normalized spacial score (nSPS) is 20.7. The molecule has 2 aliphatic rings. The molecular formula is C22H25F2N3O. The number of halogens is 2. The molecule has 1 atom stereocenters. The maximum absolute atomic E-state index is 13.4. The molecule has 1 unspecified atom stereocenters. The molecule has 0 aromatic heterocycles. The molecule has 2 heterocycles. The number of nitrogens with zero attached hydrogens (tertiary/aromatic N) is 2. The third-order valence-corrected chi connectivity index (χ3v) is 5.77. The minimum Gasteiger partial charge on any atom is -0.340 e. The highest BCUT2D eigenvalue weighted by molar-refractivity contribution is 5.79. The van der Waals surface area contributed by atoms with Gasteiger partial charge in [-0.05, 0) is 48.4 Å². The van der Waals surface area contributed by atoms with Gasteiger partial charge in [0, 0.05) is 32.7 Å². The van der Waals surface area contributed by atoms with Crippen LogP contribution in [0.2, 0.25) is 0 Å². The first kappa shape index (κ1) is 19.0. The fourth-order valence-electron chi connectivity index (χ4n) is 4.23. The number of piperazine rings is 1. The lowest BCUT2D eigenvalue weighted by atomic mass is 9.96.